The zero-order chi connectivity index (χ0) is 21.5. The Balaban J connectivity index is 2.79. The molecular weight excluding hydrogens is 389 g/mol. The molecule has 1 aromatic carbocycles. The number of nitrogens with one attached hydrogen (secondary N) is 1. The van der Waals surface area contributed by atoms with Crippen LogP contribution in [0.2, 0.25) is 0 Å². The van der Waals surface area contributed by atoms with Crippen molar-refractivity contribution in [2.75, 3.05) is 19.4 Å². The number of amides is 1. The van der Waals surface area contributed by atoms with Crippen LogP contribution in [0.25, 0.3) is 6.08 Å². The van der Waals surface area contributed by atoms with E-state index < -0.39 is 7.60 Å². The summed E-state index contributed by atoms with van der Waals surface area (Å²) in [6.07, 6.45) is 8.25. The highest BCUT2D eigenvalue weighted by molar-refractivity contribution is 7.53. The third kappa shape index (κ3) is 11.2. The van der Waals surface area contributed by atoms with Crippen molar-refractivity contribution in [2.45, 2.75) is 65.7 Å². The summed E-state index contributed by atoms with van der Waals surface area (Å²) in [5.41, 5.74) is 1.50. The minimum absolute atomic E-state index is 0.0471. The fourth-order valence-electron chi connectivity index (χ4n) is 2.89. The summed E-state index contributed by atoms with van der Waals surface area (Å²) in [5, 5.41) is 12.4. The maximum absolute atomic E-state index is 12.8. The van der Waals surface area contributed by atoms with Crippen LogP contribution in [0.15, 0.2) is 30.0 Å². The Morgan fingerprint density at radius 2 is 1.62 bits per heavy atom. The second-order valence-electron chi connectivity index (χ2n) is 6.89. The monoisotopic (exact) mass is 425 g/mol. The molecule has 0 aromatic heterocycles. The maximum atomic E-state index is 12.8. The molecule has 0 saturated carbocycles. The second kappa shape index (κ2) is 14.4. The van der Waals surface area contributed by atoms with Gasteiger partial charge in [0.25, 0.3) is 0 Å². The molecule has 164 valence electrons. The molecule has 0 aliphatic rings. The first-order valence-corrected chi connectivity index (χ1v) is 12.3. The molecule has 2 N–H and O–H groups in total. The summed E-state index contributed by atoms with van der Waals surface area (Å²) in [7, 11) is -3.20. The fourth-order valence-corrected chi connectivity index (χ4v) is 4.52. The highest BCUT2D eigenvalue weighted by Crippen LogP contribution is 2.49. The fraction of sp³-hybridized carbons (Fsp3) is 0.591. The van der Waals surface area contributed by atoms with Crippen LogP contribution < -0.4 is 5.32 Å². The van der Waals surface area contributed by atoms with Crippen LogP contribution in [0.4, 0.5) is 0 Å². The first-order chi connectivity index (χ1) is 13.9. The van der Waals surface area contributed by atoms with Gasteiger partial charge in [0.05, 0.1) is 19.4 Å². The number of allylic oxidation sites excluding steroid dienone is 1. The van der Waals surface area contributed by atoms with Crippen molar-refractivity contribution >= 4 is 19.6 Å². The standard InChI is InChI=1S/C22H36NO5P/c1-4-7-8-9-10-11-22(25)23-20(18-19-12-14-21(24)15-13-19)16-17-29(26,27-5-2)28-6-3/h12-15,18,24H,4-11,16-17H2,1-3H3,(H,23,25)/b20-18+. The molecule has 1 aromatic rings. The zero-order valence-corrected chi connectivity index (χ0v) is 18.9. The van der Waals surface area contributed by atoms with E-state index >= 15 is 0 Å². The lowest BCUT2D eigenvalue weighted by Crippen LogP contribution is -2.23. The quantitative estimate of drug-likeness (QED) is 0.271. The molecular formula is C22H36NO5P. The Labute approximate surface area is 175 Å². The Morgan fingerprint density at radius 3 is 2.21 bits per heavy atom. The summed E-state index contributed by atoms with van der Waals surface area (Å²) in [4.78, 5) is 12.4. The van der Waals surface area contributed by atoms with E-state index in [4.69, 9.17) is 9.05 Å². The average Bonchev–Trinajstić information content (AvgIpc) is 2.68. The van der Waals surface area contributed by atoms with Crippen molar-refractivity contribution in [1.82, 2.24) is 5.32 Å². The van der Waals surface area contributed by atoms with Gasteiger partial charge in [-0.15, -0.1) is 0 Å². The zero-order valence-electron chi connectivity index (χ0n) is 18.0. The van der Waals surface area contributed by atoms with Gasteiger partial charge in [-0.3, -0.25) is 9.36 Å². The molecule has 0 aliphatic heterocycles. The molecule has 6 nitrogen and oxygen atoms in total. The molecule has 0 unspecified atom stereocenters. The number of carbonyl (C=O) groups excluding carboxylic acids is 1. The Kier molecular flexibility index (Phi) is 12.6. The van der Waals surface area contributed by atoms with Crippen LogP contribution in [-0.4, -0.2) is 30.4 Å². The Hall–Kier alpha value is -1.62. The molecule has 0 bridgehead atoms. The number of unbranched alkanes of at least 4 members (excludes halogenated alkanes) is 4. The third-order valence-corrected chi connectivity index (χ3v) is 6.42. The van der Waals surface area contributed by atoms with Crippen molar-refractivity contribution in [2.24, 2.45) is 0 Å². The van der Waals surface area contributed by atoms with Crippen molar-refractivity contribution in [3.8, 4) is 5.75 Å². The van der Waals surface area contributed by atoms with E-state index in [1.807, 2.05) is 6.08 Å². The van der Waals surface area contributed by atoms with Gasteiger partial charge in [0.1, 0.15) is 5.75 Å². The van der Waals surface area contributed by atoms with E-state index in [1.165, 1.54) is 12.8 Å². The highest BCUT2D eigenvalue weighted by Gasteiger charge is 2.24. The van der Waals surface area contributed by atoms with E-state index in [1.54, 1.807) is 38.1 Å². The van der Waals surface area contributed by atoms with Gasteiger partial charge < -0.3 is 19.5 Å². The molecule has 0 aliphatic carbocycles. The van der Waals surface area contributed by atoms with E-state index in [0.29, 0.717) is 31.8 Å². The van der Waals surface area contributed by atoms with Gasteiger partial charge in [-0.25, -0.2) is 0 Å². The highest BCUT2D eigenvalue weighted by atomic mass is 31.2. The van der Waals surface area contributed by atoms with Gasteiger partial charge in [0, 0.05) is 12.1 Å². The number of hydrogen-bond acceptors (Lipinski definition) is 5. The lowest BCUT2D eigenvalue weighted by atomic mass is 10.1. The number of aromatic hydroxyl groups is 1. The molecule has 29 heavy (non-hydrogen) atoms. The van der Waals surface area contributed by atoms with Gasteiger partial charge in [-0.1, -0.05) is 44.7 Å². The van der Waals surface area contributed by atoms with E-state index in [0.717, 1.165) is 24.8 Å². The molecule has 0 fully saturated rings. The van der Waals surface area contributed by atoms with Crippen molar-refractivity contribution < 1.29 is 23.5 Å². The summed E-state index contributed by atoms with van der Waals surface area (Å²) < 4.78 is 23.5. The van der Waals surface area contributed by atoms with Crippen LogP contribution in [0.5, 0.6) is 5.75 Å². The molecule has 0 saturated heterocycles. The summed E-state index contributed by atoms with van der Waals surface area (Å²) in [6, 6.07) is 6.70. The molecule has 7 heteroatoms. The lowest BCUT2D eigenvalue weighted by molar-refractivity contribution is -0.120. The SMILES string of the molecule is CCCCCCCC(=O)N/C(=C/c1ccc(O)cc1)CCP(=O)(OCC)OCC. The van der Waals surface area contributed by atoms with Crippen molar-refractivity contribution in [3.63, 3.8) is 0 Å². The minimum Gasteiger partial charge on any atom is -0.508 e. The van der Waals surface area contributed by atoms with Crippen molar-refractivity contribution in [3.05, 3.63) is 35.5 Å². The third-order valence-electron chi connectivity index (χ3n) is 4.35. The molecule has 0 atom stereocenters. The van der Waals surface area contributed by atoms with Gasteiger partial charge in [0.2, 0.25) is 5.91 Å². The number of benzene rings is 1. The van der Waals surface area contributed by atoms with Crippen LogP contribution in [0.3, 0.4) is 0 Å². The van der Waals surface area contributed by atoms with Gasteiger partial charge in [0.15, 0.2) is 0 Å². The average molecular weight is 426 g/mol. The van der Waals surface area contributed by atoms with Gasteiger partial charge in [-0.05, 0) is 50.5 Å². The molecule has 0 radical (unpaired) electrons. The number of phenolic OH excluding ortho intramolecular Hbond substituents is 1. The lowest BCUT2D eigenvalue weighted by Gasteiger charge is -2.18. The van der Waals surface area contributed by atoms with E-state index in [-0.39, 0.29) is 17.8 Å². The summed E-state index contributed by atoms with van der Waals surface area (Å²) >= 11 is 0. The first kappa shape index (κ1) is 25.4. The largest absolute Gasteiger partial charge is 0.508 e. The number of rotatable bonds is 15. The summed E-state index contributed by atoms with van der Waals surface area (Å²) in [5.74, 6) is 0.131. The normalized spacial score (nSPS) is 12.2. The van der Waals surface area contributed by atoms with Crippen LogP contribution in [-0.2, 0) is 18.4 Å². The van der Waals surface area contributed by atoms with Gasteiger partial charge in [-0.2, -0.15) is 0 Å². The smallest absolute Gasteiger partial charge is 0.331 e. The van der Waals surface area contributed by atoms with E-state index in [9.17, 15) is 14.5 Å². The van der Waals surface area contributed by atoms with Crippen LogP contribution in [0, 0.1) is 0 Å². The first-order valence-electron chi connectivity index (χ1n) is 10.6. The second-order valence-corrected chi connectivity index (χ2v) is 9.08. The van der Waals surface area contributed by atoms with E-state index in [2.05, 4.69) is 12.2 Å². The predicted molar refractivity (Wildman–Crippen MR) is 118 cm³/mol. The van der Waals surface area contributed by atoms with Gasteiger partial charge >= 0.3 is 7.60 Å². The molecule has 0 heterocycles. The number of carbonyl (C=O) groups is 1. The molecule has 0 spiro atoms. The Bertz CT molecular complexity index is 662. The summed E-state index contributed by atoms with van der Waals surface area (Å²) in [6.45, 7) is 6.32. The predicted octanol–water partition coefficient (Wildman–Crippen LogP) is 5.87. The number of hydrogen-bond donors (Lipinski definition) is 2. The minimum atomic E-state index is -3.20. The Morgan fingerprint density at radius 1 is 1.00 bits per heavy atom. The number of phenols is 1. The van der Waals surface area contributed by atoms with Crippen molar-refractivity contribution in [1.29, 1.82) is 0 Å². The maximum Gasteiger partial charge on any atom is 0.331 e. The topological polar surface area (TPSA) is 84.9 Å². The molecule has 1 amide bonds. The van der Waals surface area contributed by atoms with Crippen LogP contribution >= 0.6 is 7.60 Å². The van der Waals surface area contributed by atoms with Crippen LogP contribution in [0.1, 0.15) is 71.3 Å². The molecule has 1 rings (SSSR count).